The van der Waals surface area contributed by atoms with Gasteiger partial charge in [0.2, 0.25) is 5.91 Å². The first-order valence-corrected chi connectivity index (χ1v) is 10.4. The number of methoxy groups -OCH3 is 1. The maximum Gasteiger partial charge on any atom is 0.411 e. The number of carbonyl (C=O) groups excluding carboxylic acids is 3. The second-order valence-electron chi connectivity index (χ2n) is 7.81. The van der Waals surface area contributed by atoms with Crippen LogP contribution in [0.1, 0.15) is 26.3 Å². The maximum absolute atomic E-state index is 12.8. The van der Waals surface area contributed by atoms with E-state index in [0.29, 0.717) is 5.75 Å². The van der Waals surface area contributed by atoms with Gasteiger partial charge in [-0.2, -0.15) is 0 Å². The number of ether oxygens (including phenoxy) is 3. The molecule has 2 aliphatic heterocycles. The molecular formula is C20H25N3O6S. The van der Waals surface area contributed by atoms with E-state index in [-0.39, 0.29) is 35.0 Å². The lowest BCUT2D eigenvalue weighted by molar-refractivity contribution is -0.158. The highest BCUT2D eigenvalue weighted by atomic mass is 32.2. The molecule has 0 saturated carbocycles. The Balaban J connectivity index is 1.73. The first-order chi connectivity index (χ1) is 14.1. The van der Waals surface area contributed by atoms with Crippen molar-refractivity contribution >= 4 is 29.7 Å². The van der Waals surface area contributed by atoms with E-state index in [2.05, 4.69) is 5.32 Å². The van der Waals surface area contributed by atoms with Crippen LogP contribution in [-0.4, -0.2) is 52.7 Å². The number of carbonyl (C=O) groups is 3. The maximum atomic E-state index is 12.8. The van der Waals surface area contributed by atoms with Gasteiger partial charge in [-0.15, -0.1) is 11.8 Å². The van der Waals surface area contributed by atoms with Gasteiger partial charge >= 0.3 is 12.1 Å². The fourth-order valence-corrected chi connectivity index (χ4v) is 4.19. The number of benzene rings is 1. The Hall–Kier alpha value is -2.72. The first kappa shape index (κ1) is 22.0. The van der Waals surface area contributed by atoms with Gasteiger partial charge in [0.1, 0.15) is 29.4 Å². The van der Waals surface area contributed by atoms with Gasteiger partial charge in [-0.25, -0.2) is 9.59 Å². The van der Waals surface area contributed by atoms with Crippen molar-refractivity contribution in [3.63, 3.8) is 0 Å². The summed E-state index contributed by atoms with van der Waals surface area (Å²) in [6.07, 6.45) is -0.738. The number of fused-ring (bicyclic) bond motifs is 1. The first-order valence-electron chi connectivity index (χ1n) is 9.34. The molecule has 1 saturated heterocycles. The van der Waals surface area contributed by atoms with Crippen LogP contribution in [0.4, 0.5) is 4.79 Å². The highest BCUT2D eigenvalue weighted by Crippen LogP contribution is 2.39. The molecular weight excluding hydrogens is 410 g/mol. The lowest BCUT2D eigenvalue weighted by Gasteiger charge is -2.48. The van der Waals surface area contributed by atoms with Gasteiger partial charge < -0.3 is 19.9 Å². The van der Waals surface area contributed by atoms with Crippen LogP contribution in [0.5, 0.6) is 5.75 Å². The average Bonchev–Trinajstić information content (AvgIpc) is 2.70. The Labute approximate surface area is 178 Å². The number of rotatable bonds is 5. The Bertz CT molecular complexity index is 878. The van der Waals surface area contributed by atoms with E-state index in [1.54, 1.807) is 52.1 Å². The standard InChI is InChI=1S/C20H25N3O6S/c1-20(2,3)29-18(25)15-13(10-30-17-14(21)16(24)23(15)17)22-19(26)28-9-11-5-7-12(27-4)8-6-11/h5-8,14,17H,9-10,21H2,1-4H3,(H,22,26)/t14?,17-/m0/s1. The summed E-state index contributed by atoms with van der Waals surface area (Å²) in [5, 5.41) is 2.23. The van der Waals surface area contributed by atoms with Gasteiger partial charge in [0.05, 0.1) is 12.8 Å². The number of esters is 1. The molecule has 3 rings (SSSR count). The molecule has 0 bridgehead atoms. The highest BCUT2D eigenvalue weighted by Gasteiger charge is 2.52. The zero-order chi connectivity index (χ0) is 22.1. The molecule has 1 aromatic rings. The van der Waals surface area contributed by atoms with Gasteiger partial charge in [0, 0.05) is 5.75 Å². The van der Waals surface area contributed by atoms with Gasteiger partial charge in [-0.1, -0.05) is 12.1 Å². The molecule has 2 aliphatic rings. The summed E-state index contributed by atoms with van der Waals surface area (Å²) in [5.74, 6) is -0.104. The largest absolute Gasteiger partial charge is 0.497 e. The van der Waals surface area contributed by atoms with Crippen molar-refractivity contribution in [2.75, 3.05) is 12.9 Å². The third kappa shape index (κ3) is 4.71. The summed E-state index contributed by atoms with van der Waals surface area (Å²) in [6.45, 7) is 5.20. The normalized spacial score (nSPS) is 20.8. The minimum absolute atomic E-state index is 0.00164. The highest BCUT2D eigenvalue weighted by molar-refractivity contribution is 8.00. The molecule has 0 radical (unpaired) electrons. The molecule has 0 aromatic heterocycles. The van der Waals surface area contributed by atoms with Crippen molar-refractivity contribution in [3.05, 3.63) is 41.2 Å². The number of nitrogens with zero attached hydrogens (tertiary/aromatic N) is 1. The molecule has 9 nitrogen and oxygen atoms in total. The van der Waals surface area contributed by atoms with E-state index in [4.69, 9.17) is 19.9 Å². The molecule has 30 heavy (non-hydrogen) atoms. The van der Waals surface area contributed by atoms with Crippen LogP contribution >= 0.6 is 11.8 Å². The zero-order valence-electron chi connectivity index (χ0n) is 17.3. The van der Waals surface area contributed by atoms with Crippen LogP contribution in [0.15, 0.2) is 35.7 Å². The smallest absolute Gasteiger partial charge is 0.411 e. The molecule has 1 aromatic carbocycles. The van der Waals surface area contributed by atoms with E-state index in [1.807, 2.05) is 0 Å². The molecule has 0 aliphatic carbocycles. The number of nitrogens with two attached hydrogens (primary N) is 1. The number of thioether (sulfide) groups is 1. The molecule has 0 spiro atoms. The fourth-order valence-electron chi connectivity index (χ4n) is 2.96. The zero-order valence-corrected chi connectivity index (χ0v) is 18.1. The lowest BCUT2D eigenvalue weighted by Crippen LogP contribution is -2.69. The number of amides is 2. The Kier molecular flexibility index (Phi) is 6.27. The summed E-state index contributed by atoms with van der Waals surface area (Å²) in [7, 11) is 1.57. The fraction of sp³-hybridized carbons (Fsp3) is 0.450. The van der Waals surface area contributed by atoms with E-state index in [9.17, 15) is 14.4 Å². The predicted octanol–water partition coefficient (Wildman–Crippen LogP) is 1.72. The second-order valence-corrected chi connectivity index (χ2v) is 8.92. The van der Waals surface area contributed by atoms with Gasteiger partial charge in [-0.3, -0.25) is 15.0 Å². The van der Waals surface area contributed by atoms with Crippen LogP contribution in [0.3, 0.4) is 0 Å². The van der Waals surface area contributed by atoms with Crippen molar-refractivity contribution in [2.24, 2.45) is 5.73 Å². The summed E-state index contributed by atoms with van der Waals surface area (Å²) in [6, 6.07) is 6.39. The molecule has 1 unspecified atom stereocenters. The van der Waals surface area contributed by atoms with Crippen molar-refractivity contribution in [1.82, 2.24) is 10.2 Å². The van der Waals surface area contributed by atoms with Gasteiger partial charge in [-0.05, 0) is 38.5 Å². The Morgan fingerprint density at radius 1 is 1.27 bits per heavy atom. The number of β-lactam (4-membered cyclic amide) rings is 1. The molecule has 2 heterocycles. The number of hydrogen-bond acceptors (Lipinski definition) is 8. The van der Waals surface area contributed by atoms with Crippen molar-refractivity contribution in [2.45, 2.75) is 44.4 Å². The summed E-state index contributed by atoms with van der Waals surface area (Å²) >= 11 is 1.36. The van der Waals surface area contributed by atoms with Crippen LogP contribution in [0.25, 0.3) is 0 Å². The minimum atomic E-state index is -0.764. The quantitative estimate of drug-likeness (QED) is 0.530. The van der Waals surface area contributed by atoms with Crippen LogP contribution in [-0.2, 0) is 25.7 Å². The number of nitrogens with one attached hydrogen (secondary N) is 1. The Morgan fingerprint density at radius 3 is 2.53 bits per heavy atom. The molecule has 162 valence electrons. The van der Waals surface area contributed by atoms with E-state index in [0.717, 1.165) is 5.56 Å². The summed E-state index contributed by atoms with van der Waals surface area (Å²) in [4.78, 5) is 38.6. The van der Waals surface area contributed by atoms with Crippen molar-refractivity contribution in [3.8, 4) is 5.75 Å². The SMILES string of the molecule is COc1ccc(COC(=O)NC2=C(C(=O)OC(C)(C)C)N3C(=O)C(N)[C@@H]3SC2)cc1. The van der Waals surface area contributed by atoms with Gasteiger partial charge in [0.25, 0.3) is 0 Å². The third-order valence-corrected chi connectivity index (χ3v) is 5.68. The Morgan fingerprint density at radius 2 is 1.93 bits per heavy atom. The molecule has 2 atom stereocenters. The lowest BCUT2D eigenvalue weighted by atomic mass is 10.1. The predicted molar refractivity (Wildman–Crippen MR) is 110 cm³/mol. The monoisotopic (exact) mass is 435 g/mol. The number of hydrogen-bond donors (Lipinski definition) is 2. The van der Waals surface area contributed by atoms with E-state index < -0.39 is 23.7 Å². The van der Waals surface area contributed by atoms with Crippen molar-refractivity contribution in [1.29, 1.82) is 0 Å². The minimum Gasteiger partial charge on any atom is -0.497 e. The van der Waals surface area contributed by atoms with Crippen LogP contribution < -0.4 is 15.8 Å². The molecule has 3 N–H and O–H groups in total. The average molecular weight is 436 g/mol. The van der Waals surface area contributed by atoms with Crippen molar-refractivity contribution < 1.29 is 28.6 Å². The topological polar surface area (TPSA) is 120 Å². The van der Waals surface area contributed by atoms with E-state index in [1.165, 1.54) is 16.7 Å². The summed E-state index contributed by atoms with van der Waals surface area (Å²) in [5.41, 5.74) is 6.10. The van der Waals surface area contributed by atoms with Crippen LogP contribution in [0, 0.1) is 0 Å². The van der Waals surface area contributed by atoms with Crippen LogP contribution in [0.2, 0.25) is 0 Å². The third-order valence-electron chi connectivity index (χ3n) is 4.38. The molecule has 1 fully saturated rings. The molecule has 10 heteroatoms. The number of alkyl carbamates (subject to hydrolysis) is 1. The summed E-state index contributed by atoms with van der Waals surface area (Å²) < 4.78 is 15.8. The van der Waals surface area contributed by atoms with Gasteiger partial charge in [0.15, 0.2) is 5.70 Å². The second kappa shape index (κ2) is 8.57. The molecule has 2 amide bonds. The van der Waals surface area contributed by atoms with E-state index >= 15 is 0 Å².